The van der Waals surface area contributed by atoms with Crippen molar-refractivity contribution in [2.75, 3.05) is 47.6 Å². The van der Waals surface area contributed by atoms with E-state index in [-0.39, 0.29) is 11.7 Å². The van der Waals surface area contributed by atoms with Crippen LogP contribution in [0.4, 0.5) is 36.4 Å². The minimum absolute atomic E-state index is 0.0481. The Kier molecular flexibility index (Phi) is 6.65. The minimum Gasteiger partial charge on any atom is -0.399 e. The number of hydrogen-bond acceptors (Lipinski definition) is 8. The third-order valence-electron chi connectivity index (χ3n) is 5.48. The van der Waals surface area contributed by atoms with Crippen LogP contribution in [0.5, 0.6) is 0 Å². The molecule has 0 aliphatic carbocycles. The number of nitrogens with zero attached hydrogens (tertiary/aromatic N) is 4. The van der Waals surface area contributed by atoms with E-state index >= 15 is 0 Å². The van der Waals surface area contributed by atoms with E-state index in [4.69, 9.17) is 10.5 Å². The van der Waals surface area contributed by atoms with Crippen LogP contribution in [0.15, 0.2) is 30.5 Å². The van der Waals surface area contributed by atoms with Gasteiger partial charge in [0, 0.05) is 30.2 Å². The van der Waals surface area contributed by atoms with Crippen molar-refractivity contribution in [3.63, 3.8) is 0 Å². The van der Waals surface area contributed by atoms with E-state index in [0.717, 1.165) is 36.4 Å². The molecule has 1 atom stereocenters. The van der Waals surface area contributed by atoms with Crippen molar-refractivity contribution in [3.05, 3.63) is 41.6 Å². The second-order valence-corrected chi connectivity index (χ2v) is 8.61. The molecule has 0 spiro atoms. The van der Waals surface area contributed by atoms with Gasteiger partial charge in [-0.25, -0.2) is 9.97 Å². The van der Waals surface area contributed by atoms with Crippen LogP contribution in [0.1, 0.15) is 37.9 Å². The standard InChI is InChI=1S/C23H28F3N7O/c1-13(2)29-22-31-19-12-28-20(33-4-6-34-7-5-33)11-18(19)21(32-22)30-14(3)15-8-16(23(24,25)26)10-17(27)9-15/h8-14H,4-7,27H2,1-3H3,(H2,29,30,31,32)/t14-/m1/s1. The Labute approximate surface area is 195 Å². The number of pyridine rings is 1. The summed E-state index contributed by atoms with van der Waals surface area (Å²) in [6, 6.07) is 5.05. The van der Waals surface area contributed by atoms with Gasteiger partial charge in [0.15, 0.2) is 0 Å². The number of ether oxygens (including phenoxy) is 1. The molecule has 182 valence electrons. The molecular formula is C23H28F3N7O. The number of hydrogen-bond donors (Lipinski definition) is 3. The highest BCUT2D eigenvalue weighted by Gasteiger charge is 2.31. The van der Waals surface area contributed by atoms with Gasteiger partial charge in [-0.15, -0.1) is 0 Å². The molecule has 0 saturated carbocycles. The molecule has 4 rings (SSSR count). The average Bonchev–Trinajstić information content (AvgIpc) is 2.78. The third-order valence-corrected chi connectivity index (χ3v) is 5.48. The van der Waals surface area contributed by atoms with Crippen molar-refractivity contribution in [2.24, 2.45) is 0 Å². The van der Waals surface area contributed by atoms with Crippen LogP contribution < -0.4 is 21.3 Å². The fourth-order valence-electron chi connectivity index (χ4n) is 3.80. The van der Waals surface area contributed by atoms with Crippen LogP contribution >= 0.6 is 0 Å². The second kappa shape index (κ2) is 9.49. The summed E-state index contributed by atoms with van der Waals surface area (Å²) >= 11 is 0. The summed E-state index contributed by atoms with van der Waals surface area (Å²) < 4.78 is 45.4. The maximum absolute atomic E-state index is 13.3. The number of anilines is 4. The Balaban J connectivity index is 1.73. The normalized spacial score (nSPS) is 15.6. The van der Waals surface area contributed by atoms with E-state index in [1.807, 2.05) is 19.9 Å². The number of aromatic nitrogens is 3. The summed E-state index contributed by atoms with van der Waals surface area (Å²) in [6.07, 6.45) is -2.80. The summed E-state index contributed by atoms with van der Waals surface area (Å²) in [5.74, 6) is 1.67. The van der Waals surface area contributed by atoms with Crippen molar-refractivity contribution in [2.45, 2.75) is 39.0 Å². The monoisotopic (exact) mass is 475 g/mol. The highest BCUT2D eigenvalue weighted by molar-refractivity contribution is 5.91. The largest absolute Gasteiger partial charge is 0.416 e. The van der Waals surface area contributed by atoms with E-state index in [1.54, 1.807) is 13.1 Å². The van der Waals surface area contributed by atoms with Crippen LogP contribution in [0, 0.1) is 0 Å². The zero-order valence-corrected chi connectivity index (χ0v) is 19.3. The first-order chi connectivity index (χ1) is 16.1. The zero-order valence-electron chi connectivity index (χ0n) is 19.3. The Morgan fingerprint density at radius 2 is 1.76 bits per heavy atom. The number of nitrogens with two attached hydrogens (primary N) is 1. The lowest BCUT2D eigenvalue weighted by Crippen LogP contribution is -2.36. The van der Waals surface area contributed by atoms with Crippen molar-refractivity contribution in [1.29, 1.82) is 0 Å². The molecule has 8 nitrogen and oxygen atoms in total. The van der Waals surface area contributed by atoms with E-state index in [0.29, 0.717) is 36.1 Å². The molecule has 0 bridgehead atoms. The van der Waals surface area contributed by atoms with Crippen LogP contribution in [0.3, 0.4) is 0 Å². The third kappa shape index (κ3) is 5.41. The Morgan fingerprint density at radius 3 is 2.44 bits per heavy atom. The number of morpholine rings is 1. The predicted octanol–water partition coefficient (Wildman–Crippen LogP) is 4.46. The lowest BCUT2D eigenvalue weighted by molar-refractivity contribution is -0.137. The molecule has 3 heterocycles. The molecule has 2 aromatic heterocycles. The molecule has 1 aromatic carbocycles. The molecule has 0 unspecified atom stereocenters. The molecule has 34 heavy (non-hydrogen) atoms. The summed E-state index contributed by atoms with van der Waals surface area (Å²) in [7, 11) is 0. The second-order valence-electron chi connectivity index (χ2n) is 8.61. The molecule has 1 saturated heterocycles. The van der Waals surface area contributed by atoms with Crippen molar-refractivity contribution in [3.8, 4) is 0 Å². The minimum atomic E-state index is -4.49. The number of benzene rings is 1. The van der Waals surface area contributed by atoms with Gasteiger partial charge in [-0.2, -0.15) is 18.2 Å². The number of halogens is 3. The van der Waals surface area contributed by atoms with Gasteiger partial charge in [0.05, 0.1) is 36.5 Å². The fraction of sp³-hybridized carbons (Fsp3) is 0.435. The van der Waals surface area contributed by atoms with Gasteiger partial charge in [-0.05, 0) is 50.6 Å². The predicted molar refractivity (Wildman–Crippen MR) is 127 cm³/mol. The molecule has 1 fully saturated rings. The topological polar surface area (TPSA) is 101 Å². The maximum Gasteiger partial charge on any atom is 0.416 e. The van der Waals surface area contributed by atoms with E-state index < -0.39 is 17.8 Å². The van der Waals surface area contributed by atoms with Crippen molar-refractivity contribution < 1.29 is 17.9 Å². The maximum atomic E-state index is 13.3. The van der Waals surface area contributed by atoms with Crippen LogP contribution in [0.25, 0.3) is 10.9 Å². The number of nitrogens with one attached hydrogen (secondary N) is 2. The molecule has 4 N–H and O–H groups in total. The quantitative estimate of drug-likeness (QED) is 0.450. The van der Waals surface area contributed by atoms with Gasteiger partial charge in [0.2, 0.25) is 5.95 Å². The SMILES string of the molecule is CC(C)Nc1nc(N[C@H](C)c2cc(N)cc(C(F)(F)F)c2)c2cc(N3CCOCC3)ncc2n1. The fourth-order valence-corrected chi connectivity index (χ4v) is 3.80. The lowest BCUT2D eigenvalue weighted by Gasteiger charge is -2.28. The first kappa shape index (κ1) is 23.8. The Hall–Kier alpha value is -3.34. The summed E-state index contributed by atoms with van der Waals surface area (Å²) in [6.45, 7) is 8.37. The zero-order chi connectivity index (χ0) is 24.5. The van der Waals surface area contributed by atoms with Crippen LogP contribution in [-0.4, -0.2) is 47.3 Å². The summed E-state index contributed by atoms with van der Waals surface area (Å²) in [4.78, 5) is 15.9. The first-order valence-electron chi connectivity index (χ1n) is 11.1. The van der Waals surface area contributed by atoms with Gasteiger partial charge in [-0.3, -0.25) is 0 Å². The van der Waals surface area contributed by atoms with Crippen molar-refractivity contribution in [1.82, 2.24) is 15.0 Å². The van der Waals surface area contributed by atoms with E-state index in [1.165, 1.54) is 6.07 Å². The molecule has 3 aromatic rings. The molecule has 0 amide bonds. The van der Waals surface area contributed by atoms with Crippen LogP contribution in [-0.2, 0) is 10.9 Å². The molecule has 1 aliphatic rings. The van der Waals surface area contributed by atoms with Gasteiger partial charge in [0.1, 0.15) is 11.6 Å². The summed E-state index contributed by atoms with van der Waals surface area (Å²) in [5, 5.41) is 7.17. The summed E-state index contributed by atoms with van der Waals surface area (Å²) in [5.41, 5.74) is 6.05. The molecule has 1 aliphatic heterocycles. The average molecular weight is 476 g/mol. The number of alkyl halides is 3. The van der Waals surface area contributed by atoms with E-state index in [9.17, 15) is 13.2 Å². The van der Waals surface area contributed by atoms with Crippen molar-refractivity contribution >= 4 is 34.2 Å². The lowest BCUT2D eigenvalue weighted by atomic mass is 10.0. The molecular weight excluding hydrogens is 447 g/mol. The highest BCUT2D eigenvalue weighted by atomic mass is 19.4. The molecule has 11 heteroatoms. The Morgan fingerprint density at radius 1 is 1.03 bits per heavy atom. The van der Waals surface area contributed by atoms with Gasteiger partial charge in [0.25, 0.3) is 0 Å². The smallest absolute Gasteiger partial charge is 0.399 e. The van der Waals surface area contributed by atoms with E-state index in [2.05, 4.69) is 30.5 Å². The van der Waals surface area contributed by atoms with Gasteiger partial charge >= 0.3 is 6.18 Å². The highest BCUT2D eigenvalue weighted by Crippen LogP contribution is 2.34. The number of nitrogen functional groups attached to an aromatic ring is 1. The van der Waals surface area contributed by atoms with Crippen LogP contribution in [0.2, 0.25) is 0 Å². The number of fused-ring (bicyclic) bond motifs is 1. The Bertz CT molecular complexity index is 1160. The molecule has 0 radical (unpaired) electrons. The van der Waals surface area contributed by atoms with Gasteiger partial charge in [-0.1, -0.05) is 0 Å². The van der Waals surface area contributed by atoms with Gasteiger partial charge < -0.3 is 26.0 Å². The first-order valence-corrected chi connectivity index (χ1v) is 11.1. The number of rotatable bonds is 6.